The van der Waals surface area contributed by atoms with Crippen LogP contribution in [0.3, 0.4) is 0 Å². The molecule has 0 amide bonds. The van der Waals surface area contributed by atoms with Crippen molar-refractivity contribution in [2.24, 2.45) is 5.92 Å². The van der Waals surface area contributed by atoms with Gasteiger partial charge in [-0.15, -0.1) is 0 Å². The predicted molar refractivity (Wildman–Crippen MR) is 55.6 cm³/mol. The second-order valence-electron chi connectivity index (χ2n) is 4.09. The quantitative estimate of drug-likeness (QED) is 0.730. The Morgan fingerprint density at radius 3 is 2.79 bits per heavy atom. The minimum atomic E-state index is 0.746. The largest absolute Gasteiger partial charge is 0.472 e. The van der Waals surface area contributed by atoms with Crippen molar-refractivity contribution < 1.29 is 4.42 Å². The van der Waals surface area contributed by atoms with Gasteiger partial charge in [-0.2, -0.15) is 0 Å². The van der Waals surface area contributed by atoms with E-state index in [0.717, 1.165) is 18.9 Å². The molecule has 76 valence electrons. The Morgan fingerprint density at radius 1 is 1.43 bits per heavy atom. The van der Waals surface area contributed by atoms with Crippen LogP contribution >= 0.6 is 0 Å². The van der Waals surface area contributed by atoms with Crippen LogP contribution in [0.1, 0.15) is 24.8 Å². The molecule has 2 heteroatoms. The number of hydrogen-bond acceptors (Lipinski definition) is 2. The number of hydrogen-bond donors (Lipinski definition) is 0. The average Bonchev–Trinajstić information content (AvgIpc) is 2.72. The van der Waals surface area contributed by atoms with Gasteiger partial charge < -0.3 is 4.42 Å². The number of rotatable bonds is 3. The summed E-state index contributed by atoms with van der Waals surface area (Å²) < 4.78 is 5.05. The number of piperidine rings is 1. The van der Waals surface area contributed by atoms with Crippen LogP contribution in [0, 0.1) is 12.8 Å². The van der Waals surface area contributed by atoms with Crippen molar-refractivity contribution in [2.75, 3.05) is 13.1 Å². The van der Waals surface area contributed by atoms with E-state index in [9.17, 15) is 0 Å². The van der Waals surface area contributed by atoms with E-state index in [1.54, 1.807) is 6.26 Å². The fourth-order valence-electron chi connectivity index (χ4n) is 2.02. The molecule has 1 aromatic heterocycles. The van der Waals surface area contributed by atoms with Crippen LogP contribution in [-0.2, 0) is 6.54 Å². The van der Waals surface area contributed by atoms with E-state index in [4.69, 9.17) is 11.3 Å². The van der Waals surface area contributed by atoms with Crippen molar-refractivity contribution in [3.05, 3.63) is 31.1 Å². The van der Waals surface area contributed by atoms with Gasteiger partial charge in [-0.05, 0) is 51.3 Å². The highest BCUT2D eigenvalue weighted by atomic mass is 16.3. The summed E-state index contributed by atoms with van der Waals surface area (Å²) in [6.45, 7) is 9.02. The van der Waals surface area contributed by atoms with Gasteiger partial charge >= 0.3 is 0 Å². The maximum Gasteiger partial charge on any atom is 0.0947 e. The van der Waals surface area contributed by atoms with Gasteiger partial charge in [0, 0.05) is 12.1 Å². The molecule has 0 aromatic carbocycles. The molecule has 0 spiro atoms. The topological polar surface area (TPSA) is 16.4 Å². The molecule has 1 aromatic rings. The molecular weight excluding hydrogens is 174 g/mol. The van der Waals surface area contributed by atoms with E-state index in [1.807, 2.05) is 12.3 Å². The van der Waals surface area contributed by atoms with E-state index in [2.05, 4.69) is 4.90 Å². The first-order valence-corrected chi connectivity index (χ1v) is 5.32. The zero-order chi connectivity index (χ0) is 9.80. The van der Waals surface area contributed by atoms with Crippen LogP contribution in [0.25, 0.3) is 0 Å². The highest BCUT2D eigenvalue weighted by Crippen LogP contribution is 2.21. The van der Waals surface area contributed by atoms with Crippen LogP contribution in [0.2, 0.25) is 0 Å². The summed E-state index contributed by atoms with van der Waals surface area (Å²) in [5, 5.41) is 0. The molecule has 0 unspecified atom stereocenters. The lowest BCUT2D eigenvalue weighted by Gasteiger charge is -2.30. The molecular formula is C12H17NO. The van der Waals surface area contributed by atoms with Crippen molar-refractivity contribution >= 4 is 0 Å². The van der Waals surface area contributed by atoms with E-state index in [0.29, 0.717) is 0 Å². The highest BCUT2D eigenvalue weighted by molar-refractivity contribution is 5.05. The SMILES string of the molecule is [CH]CC1CCN(Cc2ccoc2)CC1. The molecule has 1 aliphatic rings. The zero-order valence-corrected chi connectivity index (χ0v) is 8.48. The van der Waals surface area contributed by atoms with Gasteiger partial charge in [0.05, 0.1) is 12.5 Å². The summed E-state index contributed by atoms with van der Waals surface area (Å²) in [7, 11) is 0. The van der Waals surface area contributed by atoms with Gasteiger partial charge in [0.15, 0.2) is 0 Å². The number of nitrogens with zero attached hydrogens (tertiary/aromatic N) is 1. The third-order valence-corrected chi connectivity index (χ3v) is 3.03. The normalized spacial score (nSPS) is 20.1. The van der Waals surface area contributed by atoms with Crippen LogP contribution in [0.4, 0.5) is 0 Å². The summed E-state index contributed by atoms with van der Waals surface area (Å²) in [6, 6.07) is 2.04. The molecule has 0 atom stereocenters. The van der Waals surface area contributed by atoms with Crippen LogP contribution in [0.5, 0.6) is 0 Å². The van der Waals surface area contributed by atoms with Crippen LogP contribution in [-0.4, -0.2) is 18.0 Å². The second-order valence-corrected chi connectivity index (χ2v) is 4.09. The lowest BCUT2D eigenvalue weighted by atomic mass is 9.94. The van der Waals surface area contributed by atoms with E-state index in [1.165, 1.54) is 31.5 Å². The van der Waals surface area contributed by atoms with Gasteiger partial charge in [0.25, 0.3) is 0 Å². The lowest BCUT2D eigenvalue weighted by Crippen LogP contribution is -2.32. The Balaban J connectivity index is 1.79. The Labute approximate surface area is 85.9 Å². The summed E-state index contributed by atoms with van der Waals surface area (Å²) in [5.41, 5.74) is 1.27. The van der Waals surface area contributed by atoms with Crippen molar-refractivity contribution in [2.45, 2.75) is 25.8 Å². The highest BCUT2D eigenvalue weighted by Gasteiger charge is 2.17. The third-order valence-electron chi connectivity index (χ3n) is 3.03. The molecule has 0 N–H and O–H groups in total. The molecule has 2 heterocycles. The zero-order valence-electron chi connectivity index (χ0n) is 8.48. The summed E-state index contributed by atoms with van der Waals surface area (Å²) >= 11 is 0. The standard InChI is InChI=1S/C12H17NO/c1-2-11-3-6-13(7-4-11)9-12-5-8-14-10-12/h1,5,8,10-11H,2-4,6-7,9H2. The third kappa shape index (κ3) is 2.38. The summed E-state index contributed by atoms with van der Waals surface area (Å²) in [4.78, 5) is 2.47. The van der Waals surface area contributed by atoms with Crippen LogP contribution < -0.4 is 0 Å². The Hall–Kier alpha value is -0.760. The first-order valence-electron chi connectivity index (χ1n) is 5.32. The van der Waals surface area contributed by atoms with Gasteiger partial charge in [-0.25, -0.2) is 0 Å². The fourth-order valence-corrected chi connectivity index (χ4v) is 2.02. The molecule has 14 heavy (non-hydrogen) atoms. The first-order chi connectivity index (χ1) is 6.88. The minimum absolute atomic E-state index is 0.746. The van der Waals surface area contributed by atoms with Gasteiger partial charge in [0.2, 0.25) is 0 Å². The van der Waals surface area contributed by atoms with Crippen molar-refractivity contribution in [3.63, 3.8) is 0 Å². The van der Waals surface area contributed by atoms with Gasteiger partial charge in [-0.3, -0.25) is 4.90 Å². The Kier molecular flexibility index (Phi) is 3.25. The maximum absolute atomic E-state index is 5.65. The Bertz CT molecular complexity index is 247. The molecule has 0 aliphatic carbocycles. The van der Waals surface area contributed by atoms with E-state index in [-0.39, 0.29) is 0 Å². The molecule has 2 nitrogen and oxygen atoms in total. The average molecular weight is 191 g/mol. The molecule has 0 saturated carbocycles. The Morgan fingerprint density at radius 2 is 2.21 bits per heavy atom. The lowest BCUT2D eigenvalue weighted by molar-refractivity contribution is 0.177. The molecule has 1 aliphatic heterocycles. The molecule has 0 bridgehead atoms. The molecule has 2 radical (unpaired) electrons. The van der Waals surface area contributed by atoms with Crippen LogP contribution in [0.15, 0.2) is 23.0 Å². The molecule has 2 rings (SSSR count). The van der Waals surface area contributed by atoms with Gasteiger partial charge in [-0.1, -0.05) is 0 Å². The van der Waals surface area contributed by atoms with Crippen molar-refractivity contribution in [1.82, 2.24) is 4.90 Å². The minimum Gasteiger partial charge on any atom is -0.472 e. The maximum atomic E-state index is 5.65. The van der Waals surface area contributed by atoms with E-state index < -0.39 is 0 Å². The fraction of sp³-hybridized carbons (Fsp3) is 0.583. The summed E-state index contributed by atoms with van der Waals surface area (Å²) in [6.07, 6.45) is 6.90. The molecule has 1 fully saturated rings. The monoisotopic (exact) mass is 191 g/mol. The smallest absolute Gasteiger partial charge is 0.0947 e. The predicted octanol–water partition coefficient (Wildman–Crippen LogP) is 2.59. The number of likely N-dealkylation sites (tertiary alicyclic amines) is 1. The van der Waals surface area contributed by atoms with Crippen molar-refractivity contribution in [3.8, 4) is 0 Å². The second kappa shape index (κ2) is 4.65. The van der Waals surface area contributed by atoms with Gasteiger partial charge in [0.1, 0.15) is 0 Å². The first kappa shape index (κ1) is 9.78. The molecule has 1 saturated heterocycles. The number of furan rings is 1. The van der Waals surface area contributed by atoms with E-state index >= 15 is 0 Å². The van der Waals surface area contributed by atoms with Crippen molar-refractivity contribution in [1.29, 1.82) is 0 Å². The summed E-state index contributed by atoms with van der Waals surface area (Å²) in [5.74, 6) is 0.746.